The van der Waals surface area contributed by atoms with Crippen LogP contribution in [0.5, 0.6) is 0 Å². The van der Waals surface area contributed by atoms with E-state index in [0.29, 0.717) is 22.3 Å². The van der Waals surface area contributed by atoms with Gasteiger partial charge in [-0.15, -0.1) is 0 Å². The molecule has 4 aliphatic carbocycles. The van der Waals surface area contributed by atoms with Gasteiger partial charge in [0.25, 0.3) is 0 Å². The lowest BCUT2D eigenvalue weighted by Gasteiger charge is -2.65. The smallest absolute Gasteiger partial charge is 0.219 e. The normalized spacial score (nSPS) is 44.2. The molecule has 0 aliphatic heterocycles. The van der Waals surface area contributed by atoms with Crippen LogP contribution in [-0.4, -0.2) is 15.5 Å². The van der Waals surface area contributed by atoms with Crippen LogP contribution in [0.2, 0.25) is 0 Å². The lowest BCUT2D eigenvalue weighted by Crippen LogP contribution is -2.63. The third-order valence-electron chi connectivity index (χ3n) is 6.02. The van der Waals surface area contributed by atoms with E-state index in [1.54, 1.807) is 0 Å². The zero-order valence-electron chi connectivity index (χ0n) is 13.2. The van der Waals surface area contributed by atoms with Gasteiger partial charge in [-0.25, -0.2) is 9.97 Å². The summed E-state index contributed by atoms with van der Waals surface area (Å²) in [4.78, 5) is 8.20. The summed E-state index contributed by atoms with van der Waals surface area (Å²) in [6, 6.07) is 0. The van der Waals surface area contributed by atoms with Crippen molar-refractivity contribution in [1.82, 2.24) is 15.3 Å². The highest BCUT2D eigenvalue weighted by atomic mass is 15.0. The third kappa shape index (κ3) is 2.33. The number of nitrogens with zero attached hydrogens (tertiary/aromatic N) is 2. The zero-order chi connectivity index (χ0) is 14.7. The minimum Gasteiger partial charge on any atom is -0.368 e. The summed E-state index contributed by atoms with van der Waals surface area (Å²) in [5.41, 5.74) is 8.14. The Hall–Kier alpha value is -1.16. The Balaban J connectivity index is 1.53. The fourth-order valence-electron chi connectivity index (χ4n) is 6.39. The van der Waals surface area contributed by atoms with Crippen molar-refractivity contribution in [2.45, 2.75) is 64.5 Å². The second-order valence-electron chi connectivity index (χ2n) is 8.71. The maximum atomic E-state index is 5.56. The van der Waals surface area contributed by atoms with Crippen LogP contribution in [0.25, 0.3) is 0 Å². The van der Waals surface area contributed by atoms with E-state index in [2.05, 4.69) is 29.1 Å². The minimum absolute atomic E-state index is 0.338. The van der Waals surface area contributed by atoms with Gasteiger partial charge in [0.15, 0.2) is 0 Å². The number of anilines is 1. The predicted molar refractivity (Wildman–Crippen MR) is 83.4 cm³/mol. The molecule has 0 spiro atoms. The van der Waals surface area contributed by atoms with Crippen molar-refractivity contribution in [2.24, 2.45) is 16.7 Å². The van der Waals surface area contributed by atoms with Crippen LogP contribution in [-0.2, 0) is 6.54 Å². The molecule has 3 N–H and O–H groups in total. The van der Waals surface area contributed by atoms with E-state index in [9.17, 15) is 0 Å². The molecular formula is C17H26N4. The van der Waals surface area contributed by atoms with E-state index < -0.39 is 0 Å². The van der Waals surface area contributed by atoms with E-state index in [-0.39, 0.29) is 0 Å². The van der Waals surface area contributed by atoms with Gasteiger partial charge in [-0.05, 0) is 55.3 Å². The van der Waals surface area contributed by atoms with Crippen molar-refractivity contribution < 1.29 is 0 Å². The van der Waals surface area contributed by atoms with Gasteiger partial charge < -0.3 is 11.1 Å². The summed E-state index contributed by atoms with van der Waals surface area (Å²) in [7, 11) is 0. The Kier molecular flexibility index (Phi) is 2.69. The summed E-state index contributed by atoms with van der Waals surface area (Å²) >= 11 is 0. The molecule has 5 rings (SSSR count). The first-order valence-electron chi connectivity index (χ1n) is 8.19. The number of rotatable bonds is 3. The first-order valence-corrected chi connectivity index (χ1v) is 8.19. The Morgan fingerprint density at radius 1 is 1.10 bits per heavy atom. The van der Waals surface area contributed by atoms with Gasteiger partial charge in [-0.1, -0.05) is 13.8 Å². The SMILES string of the molecule is C[C@@]12CC3CC(NCc4cnc(N)nc4)(C1)C[C@@](C)(C3)C2. The standard InChI is InChI=1S/C17H26N4/c1-15-3-12-4-16(2,9-15)11-17(5-12,10-15)21-8-13-6-19-14(18)20-7-13/h6-7,12,21H,3-5,8-11H2,1-2H3,(H2,18,19,20)/t12?,15-,16-,17?/m0/s1. The summed E-state index contributed by atoms with van der Waals surface area (Å²) in [5.74, 6) is 1.28. The van der Waals surface area contributed by atoms with Crippen molar-refractivity contribution in [3.63, 3.8) is 0 Å². The summed E-state index contributed by atoms with van der Waals surface area (Å²) in [6.45, 7) is 5.89. The molecule has 4 saturated carbocycles. The van der Waals surface area contributed by atoms with E-state index in [1.807, 2.05) is 12.4 Å². The highest BCUT2D eigenvalue weighted by molar-refractivity contribution is 5.19. The number of hydrogen-bond donors (Lipinski definition) is 2. The molecule has 0 saturated heterocycles. The number of nitrogens with two attached hydrogens (primary N) is 1. The van der Waals surface area contributed by atoms with Crippen molar-refractivity contribution in [2.75, 3.05) is 5.73 Å². The summed E-state index contributed by atoms with van der Waals surface area (Å²) in [5, 5.41) is 3.89. The van der Waals surface area contributed by atoms with Gasteiger partial charge in [0.05, 0.1) is 0 Å². The monoisotopic (exact) mass is 286 g/mol. The van der Waals surface area contributed by atoms with Crippen molar-refractivity contribution in [1.29, 1.82) is 0 Å². The molecule has 0 unspecified atom stereocenters. The fraction of sp³-hybridized carbons (Fsp3) is 0.765. The lowest BCUT2D eigenvalue weighted by molar-refractivity contribution is -0.118. The highest BCUT2D eigenvalue weighted by Gasteiger charge is 2.59. The molecule has 4 nitrogen and oxygen atoms in total. The Bertz CT molecular complexity index is 534. The quantitative estimate of drug-likeness (QED) is 0.897. The Labute approximate surface area is 126 Å². The maximum absolute atomic E-state index is 5.56. The van der Waals surface area contributed by atoms with E-state index >= 15 is 0 Å². The second-order valence-corrected chi connectivity index (χ2v) is 8.71. The van der Waals surface area contributed by atoms with Crippen LogP contribution in [0.15, 0.2) is 12.4 Å². The highest BCUT2D eigenvalue weighted by Crippen LogP contribution is 2.66. The molecule has 1 aromatic heterocycles. The average molecular weight is 286 g/mol. The molecule has 0 radical (unpaired) electrons. The topological polar surface area (TPSA) is 63.8 Å². The molecule has 4 aliphatic rings. The first-order chi connectivity index (χ1) is 9.88. The molecule has 1 heterocycles. The molecule has 2 atom stereocenters. The van der Waals surface area contributed by atoms with Crippen LogP contribution in [0.4, 0.5) is 5.95 Å². The van der Waals surface area contributed by atoms with Crippen molar-refractivity contribution >= 4 is 5.95 Å². The molecule has 4 fully saturated rings. The maximum Gasteiger partial charge on any atom is 0.219 e. The molecule has 1 aromatic rings. The molecular weight excluding hydrogens is 260 g/mol. The van der Waals surface area contributed by atoms with Crippen molar-refractivity contribution in [3.8, 4) is 0 Å². The molecule has 0 amide bonds. The Morgan fingerprint density at radius 3 is 2.29 bits per heavy atom. The van der Waals surface area contributed by atoms with Crippen LogP contribution in [0, 0.1) is 16.7 Å². The van der Waals surface area contributed by atoms with Crippen LogP contribution in [0.1, 0.15) is 57.9 Å². The molecule has 4 bridgehead atoms. The van der Waals surface area contributed by atoms with Crippen LogP contribution < -0.4 is 11.1 Å². The number of nitrogen functional groups attached to an aromatic ring is 1. The van der Waals surface area contributed by atoms with E-state index in [1.165, 1.54) is 38.5 Å². The second kappa shape index (κ2) is 4.19. The van der Waals surface area contributed by atoms with Gasteiger partial charge in [-0.3, -0.25) is 0 Å². The summed E-state index contributed by atoms with van der Waals surface area (Å²) < 4.78 is 0. The summed E-state index contributed by atoms with van der Waals surface area (Å²) in [6.07, 6.45) is 12.0. The largest absolute Gasteiger partial charge is 0.368 e. The minimum atomic E-state index is 0.338. The van der Waals surface area contributed by atoms with E-state index in [0.717, 1.165) is 18.0 Å². The molecule has 4 heteroatoms. The van der Waals surface area contributed by atoms with Crippen LogP contribution in [0.3, 0.4) is 0 Å². The molecule has 0 aromatic carbocycles. The van der Waals surface area contributed by atoms with Gasteiger partial charge in [-0.2, -0.15) is 0 Å². The fourth-order valence-corrected chi connectivity index (χ4v) is 6.39. The van der Waals surface area contributed by atoms with Gasteiger partial charge in [0, 0.05) is 30.0 Å². The Morgan fingerprint density at radius 2 is 1.71 bits per heavy atom. The molecule has 114 valence electrons. The predicted octanol–water partition coefficient (Wildman–Crippen LogP) is 2.90. The number of nitrogens with one attached hydrogen (secondary N) is 1. The third-order valence-corrected chi connectivity index (χ3v) is 6.02. The number of aromatic nitrogens is 2. The average Bonchev–Trinajstić information content (AvgIpc) is 2.34. The van der Waals surface area contributed by atoms with Gasteiger partial charge in [0.2, 0.25) is 5.95 Å². The number of hydrogen-bond acceptors (Lipinski definition) is 4. The van der Waals surface area contributed by atoms with Gasteiger partial charge in [0.1, 0.15) is 0 Å². The molecule has 21 heavy (non-hydrogen) atoms. The van der Waals surface area contributed by atoms with Gasteiger partial charge >= 0.3 is 0 Å². The van der Waals surface area contributed by atoms with Crippen LogP contribution >= 0.6 is 0 Å². The van der Waals surface area contributed by atoms with Crippen molar-refractivity contribution in [3.05, 3.63) is 18.0 Å². The van der Waals surface area contributed by atoms with E-state index in [4.69, 9.17) is 5.73 Å². The lowest BCUT2D eigenvalue weighted by atomic mass is 9.43. The first kappa shape index (κ1) is 13.5. The zero-order valence-corrected chi connectivity index (χ0v) is 13.2.